The normalized spacial score (nSPS) is 14.1. The largest absolute Gasteiger partial charge is 0.508 e. The second kappa shape index (κ2) is 7.55. The van der Waals surface area contributed by atoms with E-state index in [0.717, 1.165) is 22.5 Å². The zero-order chi connectivity index (χ0) is 18.6. The van der Waals surface area contributed by atoms with Crippen LogP contribution in [0.25, 0.3) is 22.5 Å². The monoisotopic (exact) mass is 361 g/mol. The molecule has 1 aliphatic rings. The number of phenolic OH excluding ortho intramolecular Hbond substituents is 1. The maximum absolute atomic E-state index is 12.5. The van der Waals surface area contributed by atoms with Gasteiger partial charge in [-0.15, -0.1) is 0 Å². The highest BCUT2D eigenvalue weighted by molar-refractivity contribution is 5.94. The fraction of sp³-hybridized carbons (Fsp3) is 0.190. The van der Waals surface area contributed by atoms with Gasteiger partial charge >= 0.3 is 0 Å². The molecule has 0 bridgehead atoms. The van der Waals surface area contributed by atoms with Crippen molar-refractivity contribution in [2.75, 3.05) is 26.3 Å². The molecule has 2 aromatic carbocycles. The van der Waals surface area contributed by atoms with Crippen molar-refractivity contribution in [1.82, 2.24) is 14.9 Å². The third-order valence-electron chi connectivity index (χ3n) is 4.52. The van der Waals surface area contributed by atoms with Crippen LogP contribution in [0.15, 0.2) is 60.9 Å². The summed E-state index contributed by atoms with van der Waals surface area (Å²) in [5.41, 5.74) is 3.87. The van der Waals surface area contributed by atoms with Crippen molar-refractivity contribution in [3.8, 4) is 28.3 Å². The van der Waals surface area contributed by atoms with E-state index in [2.05, 4.69) is 9.97 Å². The van der Waals surface area contributed by atoms with Gasteiger partial charge in [-0.25, -0.2) is 4.98 Å². The quantitative estimate of drug-likeness (QED) is 0.776. The highest BCUT2D eigenvalue weighted by Crippen LogP contribution is 2.23. The van der Waals surface area contributed by atoms with Gasteiger partial charge in [-0.3, -0.25) is 9.78 Å². The number of aromatic nitrogens is 2. The summed E-state index contributed by atoms with van der Waals surface area (Å²) < 4.78 is 5.29. The number of nitrogens with zero attached hydrogens (tertiary/aromatic N) is 3. The molecule has 0 spiro atoms. The number of hydrogen-bond donors (Lipinski definition) is 1. The lowest BCUT2D eigenvalue weighted by Gasteiger charge is -2.26. The molecular weight excluding hydrogens is 342 g/mol. The first-order valence-corrected chi connectivity index (χ1v) is 8.79. The van der Waals surface area contributed by atoms with Crippen LogP contribution in [0.2, 0.25) is 0 Å². The Morgan fingerprint density at radius 2 is 1.44 bits per heavy atom. The fourth-order valence-electron chi connectivity index (χ4n) is 3.01. The first-order valence-electron chi connectivity index (χ1n) is 8.79. The molecule has 1 saturated heterocycles. The number of benzene rings is 2. The summed E-state index contributed by atoms with van der Waals surface area (Å²) in [7, 11) is 0. The summed E-state index contributed by atoms with van der Waals surface area (Å²) in [4.78, 5) is 23.3. The molecule has 1 aliphatic heterocycles. The Bertz CT molecular complexity index is 934. The summed E-state index contributed by atoms with van der Waals surface area (Å²) >= 11 is 0. The Balaban J connectivity index is 1.56. The van der Waals surface area contributed by atoms with Gasteiger partial charge in [-0.05, 0) is 36.4 Å². The van der Waals surface area contributed by atoms with Gasteiger partial charge in [-0.2, -0.15) is 0 Å². The SMILES string of the molecule is O=C(c1ccc(-c2cncc(-c3ccc(O)cc3)n2)cc1)N1CCOCC1. The van der Waals surface area contributed by atoms with Gasteiger partial charge in [0.2, 0.25) is 0 Å². The second-order valence-corrected chi connectivity index (χ2v) is 6.32. The Labute approximate surface area is 157 Å². The van der Waals surface area contributed by atoms with E-state index < -0.39 is 0 Å². The minimum Gasteiger partial charge on any atom is -0.508 e. The molecule has 6 heteroatoms. The minimum absolute atomic E-state index is 0.0220. The summed E-state index contributed by atoms with van der Waals surface area (Å²) in [6.45, 7) is 2.43. The van der Waals surface area contributed by atoms with Gasteiger partial charge in [0.25, 0.3) is 5.91 Å². The van der Waals surface area contributed by atoms with Crippen LogP contribution in [0.5, 0.6) is 5.75 Å². The highest BCUT2D eigenvalue weighted by atomic mass is 16.5. The number of morpholine rings is 1. The van der Waals surface area contributed by atoms with Gasteiger partial charge in [0.1, 0.15) is 5.75 Å². The molecule has 2 heterocycles. The maximum Gasteiger partial charge on any atom is 0.254 e. The fourth-order valence-corrected chi connectivity index (χ4v) is 3.01. The molecule has 0 atom stereocenters. The first-order chi connectivity index (χ1) is 13.2. The summed E-state index contributed by atoms with van der Waals surface area (Å²) in [5, 5.41) is 9.43. The van der Waals surface area contributed by atoms with E-state index in [1.165, 1.54) is 0 Å². The van der Waals surface area contributed by atoms with E-state index in [9.17, 15) is 9.90 Å². The van der Waals surface area contributed by atoms with Crippen LogP contribution in [-0.2, 0) is 4.74 Å². The Hall–Kier alpha value is -3.25. The molecule has 1 amide bonds. The molecule has 27 heavy (non-hydrogen) atoms. The Kier molecular flexibility index (Phi) is 4.80. The average molecular weight is 361 g/mol. The first kappa shape index (κ1) is 17.2. The van der Waals surface area contributed by atoms with Gasteiger partial charge in [0.05, 0.1) is 37.0 Å². The van der Waals surface area contributed by atoms with Crippen molar-refractivity contribution < 1.29 is 14.6 Å². The van der Waals surface area contributed by atoms with E-state index in [0.29, 0.717) is 31.9 Å². The predicted molar refractivity (Wildman–Crippen MR) is 101 cm³/mol. The lowest BCUT2D eigenvalue weighted by atomic mass is 10.1. The third-order valence-corrected chi connectivity index (χ3v) is 4.52. The van der Waals surface area contributed by atoms with Crippen molar-refractivity contribution >= 4 is 5.91 Å². The van der Waals surface area contributed by atoms with Crippen LogP contribution in [0.1, 0.15) is 10.4 Å². The Morgan fingerprint density at radius 3 is 2.04 bits per heavy atom. The topological polar surface area (TPSA) is 75.5 Å². The van der Waals surface area contributed by atoms with Gasteiger partial charge < -0.3 is 14.7 Å². The molecule has 4 rings (SSSR count). The second-order valence-electron chi connectivity index (χ2n) is 6.32. The number of ether oxygens (including phenoxy) is 1. The third kappa shape index (κ3) is 3.80. The number of phenols is 1. The van der Waals surface area contributed by atoms with Gasteiger partial charge in [-0.1, -0.05) is 12.1 Å². The molecule has 0 radical (unpaired) electrons. The van der Waals surface area contributed by atoms with Crippen molar-refractivity contribution in [3.63, 3.8) is 0 Å². The summed E-state index contributed by atoms with van der Waals surface area (Å²) in [6.07, 6.45) is 3.38. The molecule has 1 fully saturated rings. The molecule has 1 aromatic heterocycles. The Morgan fingerprint density at radius 1 is 0.889 bits per heavy atom. The van der Waals surface area contributed by atoms with Crippen LogP contribution < -0.4 is 0 Å². The van der Waals surface area contributed by atoms with E-state index in [-0.39, 0.29) is 11.7 Å². The molecule has 3 aromatic rings. The maximum atomic E-state index is 12.5. The van der Waals surface area contributed by atoms with Crippen LogP contribution in [0.4, 0.5) is 0 Å². The summed E-state index contributed by atoms with van der Waals surface area (Å²) in [6, 6.07) is 14.3. The average Bonchev–Trinajstić information content (AvgIpc) is 2.75. The van der Waals surface area contributed by atoms with E-state index in [1.807, 2.05) is 29.2 Å². The van der Waals surface area contributed by atoms with Gasteiger partial charge in [0, 0.05) is 29.8 Å². The smallest absolute Gasteiger partial charge is 0.254 e. The van der Waals surface area contributed by atoms with Crippen LogP contribution in [0, 0.1) is 0 Å². The lowest BCUT2D eigenvalue weighted by Crippen LogP contribution is -2.40. The molecule has 0 aliphatic carbocycles. The molecule has 0 unspecified atom stereocenters. The standard InChI is InChI=1S/C21H19N3O3/c25-18-7-5-16(6-8-18)20-14-22-13-19(23-20)15-1-3-17(4-2-15)21(26)24-9-11-27-12-10-24/h1-8,13-14,25H,9-12H2. The molecule has 136 valence electrons. The van der Waals surface area contributed by atoms with E-state index in [1.54, 1.807) is 36.7 Å². The molecule has 1 N–H and O–H groups in total. The molecule has 0 saturated carbocycles. The number of hydrogen-bond acceptors (Lipinski definition) is 5. The van der Waals surface area contributed by atoms with Crippen LogP contribution in [0.3, 0.4) is 0 Å². The van der Waals surface area contributed by atoms with Crippen molar-refractivity contribution in [1.29, 1.82) is 0 Å². The molecular formula is C21H19N3O3. The lowest BCUT2D eigenvalue weighted by molar-refractivity contribution is 0.0303. The van der Waals surface area contributed by atoms with E-state index >= 15 is 0 Å². The summed E-state index contributed by atoms with van der Waals surface area (Å²) in [5.74, 6) is 0.233. The number of rotatable bonds is 3. The number of amides is 1. The van der Waals surface area contributed by atoms with Crippen molar-refractivity contribution in [2.45, 2.75) is 0 Å². The van der Waals surface area contributed by atoms with Gasteiger partial charge in [0.15, 0.2) is 0 Å². The van der Waals surface area contributed by atoms with Crippen molar-refractivity contribution in [2.24, 2.45) is 0 Å². The minimum atomic E-state index is 0.0220. The predicted octanol–water partition coefficient (Wildman–Crippen LogP) is 2.99. The van der Waals surface area contributed by atoms with Crippen molar-refractivity contribution in [3.05, 3.63) is 66.5 Å². The van der Waals surface area contributed by atoms with Crippen LogP contribution >= 0.6 is 0 Å². The zero-order valence-electron chi connectivity index (χ0n) is 14.7. The highest BCUT2D eigenvalue weighted by Gasteiger charge is 2.18. The number of carbonyl (C=O) groups is 1. The molecule has 6 nitrogen and oxygen atoms in total. The zero-order valence-corrected chi connectivity index (χ0v) is 14.7. The van der Waals surface area contributed by atoms with Crippen LogP contribution in [-0.4, -0.2) is 52.2 Å². The van der Waals surface area contributed by atoms with E-state index in [4.69, 9.17) is 4.74 Å². The number of aromatic hydroxyl groups is 1. The number of carbonyl (C=O) groups excluding carboxylic acids is 1.